The van der Waals surface area contributed by atoms with E-state index >= 15 is 0 Å². The second-order valence-corrected chi connectivity index (χ2v) is 4.61. The normalized spacial score (nSPS) is 10.9. The van der Waals surface area contributed by atoms with Crippen molar-refractivity contribution in [3.8, 4) is 0 Å². The van der Waals surface area contributed by atoms with Crippen molar-refractivity contribution in [3.63, 3.8) is 0 Å². The van der Waals surface area contributed by atoms with E-state index < -0.39 is 0 Å². The van der Waals surface area contributed by atoms with Gasteiger partial charge in [-0.15, -0.1) is 0 Å². The van der Waals surface area contributed by atoms with E-state index in [9.17, 15) is 0 Å². The SMILES string of the molecule is [SiH3]COCC(c1ccccc1)c1ccccc1. The standard InChI is InChI=1S/C15H18OSi/c17-12-16-11-15(13-7-3-1-4-8-13)14-9-5-2-6-10-14/h1-10,15H,11-12H2,17H3. The summed E-state index contributed by atoms with van der Waals surface area (Å²) >= 11 is 0. The maximum atomic E-state index is 5.67. The Hall–Kier alpha value is -1.38. The number of ether oxygens (including phenoxy) is 1. The van der Waals surface area contributed by atoms with Crippen molar-refractivity contribution in [3.05, 3.63) is 71.8 Å². The lowest BCUT2D eigenvalue weighted by atomic mass is 9.92. The van der Waals surface area contributed by atoms with Gasteiger partial charge in [-0.25, -0.2) is 0 Å². The molecule has 2 aromatic carbocycles. The second-order valence-electron chi connectivity index (χ2n) is 4.03. The number of benzene rings is 2. The minimum Gasteiger partial charge on any atom is -0.385 e. The van der Waals surface area contributed by atoms with Gasteiger partial charge in [0.25, 0.3) is 0 Å². The molecule has 0 N–H and O–H groups in total. The highest BCUT2D eigenvalue weighted by atomic mass is 28.1. The van der Waals surface area contributed by atoms with Crippen LogP contribution in [0.15, 0.2) is 60.7 Å². The molecule has 2 rings (SSSR count). The summed E-state index contributed by atoms with van der Waals surface area (Å²) in [7, 11) is 1.10. The van der Waals surface area contributed by atoms with E-state index in [2.05, 4.69) is 60.7 Å². The fraction of sp³-hybridized carbons (Fsp3) is 0.200. The Bertz CT molecular complexity index is 388. The molecule has 0 saturated carbocycles. The van der Waals surface area contributed by atoms with Gasteiger partial charge < -0.3 is 4.74 Å². The summed E-state index contributed by atoms with van der Waals surface area (Å²) in [5.74, 6) is 0.353. The van der Waals surface area contributed by atoms with Crippen LogP contribution in [0.3, 0.4) is 0 Å². The number of hydrogen-bond acceptors (Lipinski definition) is 1. The molecule has 1 nitrogen and oxygen atoms in total. The van der Waals surface area contributed by atoms with Gasteiger partial charge in [-0.2, -0.15) is 0 Å². The van der Waals surface area contributed by atoms with Gasteiger partial charge in [0.15, 0.2) is 0 Å². The topological polar surface area (TPSA) is 9.23 Å². The maximum Gasteiger partial charge on any atom is 0.0570 e. The molecule has 0 amide bonds. The van der Waals surface area contributed by atoms with Gasteiger partial charge in [-0.05, 0) is 11.1 Å². The Kier molecular flexibility index (Phi) is 4.53. The molecule has 2 heteroatoms. The molecule has 88 valence electrons. The Balaban J connectivity index is 2.26. The zero-order valence-corrected chi connectivity index (χ0v) is 12.2. The van der Waals surface area contributed by atoms with Crippen LogP contribution in [-0.2, 0) is 4.74 Å². The molecule has 0 aliphatic heterocycles. The van der Waals surface area contributed by atoms with Gasteiger partial charge >= 0.3 is 0 Å². The van der Waals surface area contributed by atoms with Crippen molar-refractivity contribution in [2.45, 2.75) is 5.92 Å². The highest BCUT2D eigenvalue weighted by molar-refractivity contribution is 6.08. The van der Waals surface area contributed by atoms with E-state index in [4.69, 9.17) is 4.74 Å². The van der Waals surface area contributed by atoms with Crippen LogP contribution in [0, 0.1) is 0 Å². The molecule has 17 heavy (non-hydrogen) atoms. The molecule has 0 spiro atoms. The first-order valence-corrected chi connectivity index (χ1v) is 7.51. The molecule has 0 radical (unpaired) electrons. The summed E-state index contributed by atoms with van der Waals surface area (Å²) in [5, 5.41) is 0. The molecule has 2 aromatic rings. The lowest BCUT2D eigenvalue weighted by Gasteiger charge is -2.17. The largest absolute Gasteiger partial charge is 0.385 e. The van der Waals surface area contributed by atoms with E-state index in [0.29, 0.717) is 5.92 Å². The Morgan fingerprint density at radius 3 is 1.71 bits per heavy atom. The fourth-order valence-electron chi connectivity index (χ4n) is 1.99. The van der Waals surface area contributed by atoms with E-state index in [1.54, 1.807) is 0 Å². The Labute approximate surface area is 106 Å². The predicted octanol–water partition coefficient (Wildman–Crippen LogP) is 2.16. The first-order chi connectivity index (χ1) is 8.42. The summed E-state index contributed by atoms with van der Waals surface area (Å²) in [5.41, 5.74) is 2.66. The molecule has 0 bridgehead atoms. The number of hydrogen-bond donors (Lipinski definition) is 0. The van der Waals surface area contributed by atoms with E-state index in [1.165, 1.54) is 11.1 Å². The third-order valence-electron chi connectivity index (χ3n) is 2.89. The van der Waals surface area contributed by atoms with E-state index in [-0.39, 0.29) is 0 Å². The van der Waals surface area contributed by atoms with Gasteiger partial charge in [0.05, 0.1) is 6.61 Å². The molecule has 0 aromatic heterocycles. The van der Waals surface area contributed by atoms with Crippen LogP contribution in [0.2, 0.25) is 0 Å². The average Bonchev–Trinajstić information content (AvgIpc) is 2.42. The van der Waals surface area contributed by atoms with Crippen LogP contribution < -0.4 is 0 Å². The van der Waals surface area contributed by atoms with Crippen molar-refractivity contribution >= 4 is 10.2 Å². The molecule has 0 unspecified atom stereocenters. The Morgan fingerprint density at radius 1 is 0.824 bits per heavy atom. The predicted molar refractivity (Wildman–Crippen MR) is 75.5 cm³/mol. The summed E-state index contributed by atoms with van der Waals surface area (Å²) in [6.07, 6.45) is 0.899. The number of rotatable bonds is 5. The van der Waals surface area contributed by atoms with Gasteiger partial charge in [-0.1, -0.05) is 60.7 Å². The lowest BCUT2D eigenvalue weighted by Crippen LogP contribution is -2.10. The molecule has 0 atom stereocenters. The van der Waals surface area contributed by atoms with Gasteiger partial charge in [0, 0.05) is 22.4 Å². The molecular weight excluding hydrogens is 224 g/mol. The molecule has 0 fully saturated rings. The van der Waals surface area contributed by atoms with E-state index in [1.807, 2.05) is 0 Å². The highest BCUT2D eigenvalue weighted by Gasteiger charge is 2.13. The maximum absolute atomic E-state index is 5.67. The minimum absolute atomic E-state index is 0.353. The summed E-state index contributed by atoms with van der Waals surface area (Å²) in [6.45, 7) is 0.775. The third-order valence-corrected chi connectivity index (χ3v) is 3.30. The summed E-state index contributed by atoms with van der Waals surface area (Å²) in [4.78, 5) is 0. The zero-order valence-electron chi connectivity index (χ0n) is 10.2. The van der Waals surface area contributed by atoms with Crippen LogP contribution in [-0.4, -0.2) is 23.1 Å². The second kappa shape index (κ2) is 6.38. The molecule has 0 heterocycles. The van der Waals surface area contributed by atoms with Gasteiger partial charge in [0.1, 0.15) is 0 Å². The van der Waals surface area contributed by atoms with Crippen LogP contribution >= 0.6 is 0 Å². The monoisotopic (exact) mass is 242 g/mol. The van der Waals surface area contributed by atoms with Gasteiger partial charge in [0.2, 0.25) is 0 Å². The first kappa shape index (κ1) is 12.1. The first-order valence-electron chi connectivity index (χ1n) is 6.09. The molecule has 0 aliphatic carbocycles. The van der Waals surface area contributed by atoms with Crippen LogP contribution in [0.1, 0.15) is 17.0 Å². The van der Waals surface area contributed by atoms with Gasteiger partial charge in [-0.3, -0.25) is 0 Å². The van der Waals surface area contributed by atoms with Crippen molar-refractivity contribution in [1.29, 1.82) is 0 Å². The van der Waals surface area contributed by atoms with Crippen molar-refractivity contribution < 1.29 is 4.74 Å². The van der Waals surface area contributed by atoms with Crippen LogP contribution in [0.5, 0.6) is 0 Å². The fourth-order valence-corrected chi connectivity index (χ4v) is 2.23. The van der Waals surface area contributed by atoms with Crippen molar-refractivity contribution in [2.24, 2.45) is 0 Å². The third kappa shape index (κ3) is 3.28. The average molecular weight is 242 g/mol. The summed E-state index contributed by atoms with van der Waals surface area (Å²) < 4.78 is 5.67. The lowest BCUT2D eigenvalue weighted by molar-refractivity contribution is 0.170. The summed E-state index contributed by atoms with van der Waals surface area (Å²) in [6, 6.07) is 21.2. The quantitative estimate of drug-likeness (QED) is 0.730. The molecular formula is C15H18OSi. The van der Waals surface area contributed by atoms with E-state index in [0.717, 1.165) is 23.1 Å². The van der Waals surface area contributed by atoms with Crippen LogP contribution in [0.4, 0.5) is 0 Å². The van der Waals surface area contributed by atoms with Crippen molar-refractivity contribution in [2.75, 3.05) is 12.8 Å². The van der Waals surface area contributed by atoms with Crippen molar-refractivity contribution in [1.82, 2.24) is 0 Å². The Morgan fingerprint density at radius 2 is 1.29 bits per heavy atom. The molecule has 0 aliphatic rings. The smallest absolute Gasteiger partial charge is 0.0570 e. The molecule has 0 saturated heterocycles. The highest BCUT2D eigenvalue weighted by Crippen LogP contribution is 2.24. The minimum atomic E-state index is 0.353. The van der Waals surface area contributed by atoms with Crippen LogP contribution in [0.25, 0.3) is 0 Å². The zero-order chi connectivity index (χ0) is 11.9.